The Morgan fingerprint density at radius 1 is 1.50 bits per heavy atom. The molecule has 1 N–H and O–H groups in total. The van der Waals surface area contributed by atoms with Crippen molar-refractivity contribution in [3.8, 4) is 0 Å². The first kappa shape index (κ1) is 11.8. The number of halogens is 1. The van der Waals surface area contributed by atoms with E-state index in [9.17, 15) is 0 Å². The van der Waals surface area contributed by atoms with Crippen molar-refractivity contribution < 1.29 is 4.74 Å². The number of hydrogen-bond donors (Lipinski definition) is 1. The van der Waals surface area contributed by atoms with E-state index in [1.165, 1.54) is 19.3 Å². The number of ether oxygens (including phenoxy) is 1. The second kappa shape index (κ2) is 6.13. The van der Waals surface area contributed by atoms with Gasteiger partial charge in [-0.25, -0.2) is 9.97 Å². The molecule has 1 aliphatic rings. The monoisotopic (exact) mass is 241 g/mol. The van der Waals surface area contributed by atoms with E-state index in [2.05, 4.69) is 15.3 Å². The van der Waals surface area contributed by atoms with Gasteiger partial charge in [-0.2, -0.15) is 0 Å². The molecule has 0 radical (unpaired) electrons. The van der Waals surface area contributed by atoms with Crippen LogP contribution in [0.25, 0.3) is 0 Å². The first-order valence-corrected chi connectivity index (χ1v) is 6.01. The van der Waals surface area contributed by atoms with E-state index in [-0.39, 0.29) is 5.28 Å². The van der Waals surface area contributed by atoms with Crippen molar-refractivity contribution in [2.45, 2.75) is 31.9 Å². The van der Waals surface area contributed by atoms with Gasteiger partial charge >= 0.3 is 0 Å². The lowest BCUT2D eigenvalue weighted by atomic mass is 10.1. The molecule has 1 aromatic rings. The van der Waals surface area contributed by atoms with Gasteiger partial charge in [0.2, 0.25) is 5.28 Å². The van der Waals surface area contributed by atoms with Gasteiger partial charge in [-0.15, -0.1) is 0 Å². The summed E-state index contributed by atoms with van der Waals surface area (Å²) in [7, 11) is 0. The first-order chi connectivity index (χ1) is 7.84. The molecule has 16 heavy (non-hydrogen) atoms. The largest absolute Gasteiger partial charge is 0.374 e. The number of rotatable bonds is 4. The molecule has 1 saturated heterocycles. The zero-order valence-corrected chi connectivity index (χ0v) is 9.91. The minimum Gasteiger partial charge on any atom is -0.374 e. The van der Waals surface area contributed by atoms with Crippen molar-refractivity contribution in [1.29, 1.82) is 0 Å². The van der Waals surface area contributed by atoms with Crippen LogP contribution in [0.1, 0.15) is 25.0 Å². The van der Waals surface area contributed by atoms with Gasteiger partial charge in [-0.3, -0.25) is 0 Å². The van der Waals surface area contributed by atoms with E-state index >= 15 is 0 Å². The van der Waals surface area contributed by atoms with Crippen LogP contribution >= 0.6 is 11.6 Å². The van der Waals surface area contributed by atoms with Gasteiger partial charge in [0, 0.05) is 12.2 Å². The summed E-state index contributed by atoms with van der Waals surface area (Å²) >= 11 is 5.68. The van der Waals surface area contributed by atoms with Crippen LogP contribution in [-0.4, -0.2) is 29.2 Å². The normalized spacial score (nSPS) is 20.9. The summed E-state index contributed by atoms with van der Waals surface area (Å²) in [5.41, 5.74) is 0.829. The summed E-state index contributed by atoms with van der Waals surface area (Å²) in [6.45, 7) is 2.34. The number of nitrogens with one attached hydrogen (secondary N) is 1. The Bertz CT molecular complexity index is 329. The molecule has 0 bridgehead atoms. The van der Waals surface area contributed by atoms with Crippen LogP contribution < -0.4 is 5.32 Å². The highest BCUT2D eigenvalue weighted by atomic mass is 35.5. The minimum absolute atomic E-state index is 0.275. The van der Waals surface area contributed by atoms with Crippen molar-refractivity contribution in [2.24, 2.45) is 0 Å². The molecule has 1 fully saturated rings. The fraction of sp³-hybridized carbons (Fsp3) is 0.636. The molecule has 1 unspecified atom stereocenters. The Kier molecular flexibility index (Phi) is 4.51. The zero-order valence-electron chi connectivity index (χ0n) is 9.16. The molecule has 1 aliphatic heterocycles. The van der Waals surface area contributed by atoms with Crippen LogP contribution in [0.2, 0.25) is 5.28 Å². The standard InChI is InChI=1S/C11H16ClN3O/c12-11-14-6-4-10(15-11)8-16-7-9-3-1-2-5-13-9/h4,6,9,13H,1-3,5,7-8H2. The molecule has 88 valence electrons. The molecule has 0 spiro atoms. The molecule has 0 aliphatic carbocycles. The second-order valence-corrected chi connectivity index (χ2v) is 4.32. The summed E-state index contributed by atoms with van der Waals surface area (Å²) in [5, 5.41) is 3.71. The lowest BCUT2D eigenvalue weighted by Crippen LogP contribution is -2.37. The Hall–Kier alpha value is -0.710. The van der Waals surface area contributed by atoms with Gasteiger partial charge in [-0.1, -0.05) is 6.42 Å². The van der Waals surface area contributed by atoms with Gasteiger partial charge in [0.1, 0.15) is 0 Å². The van der Waals surface area contributed by atoms with Crippen molar-refractivity contribution >= 4 is 11.6 Å². The maximum Gasteiger partial charge on any atom is 0.222 e. The van der Waals surface area contributed by atoms with Crippen molar-refractivity contribution in [3.63, 3.8) is 0 Å². The van der Waals surface area contributed by atoms with Crippen LogP contribution in [0, 0.1) is 0 Å². The molecule has 0 aromatic carbocycles. The molecular formula is C11H16ClN3O. The van der Waals surface area contributed by atoms with E-state index in [0.717, 1.165) is 18.8 Å². The quantitative estimate of drug-likeness (QED) is 0.817. The van der Waals surface area contributed by atoms with E-state index in [1.807, 2.05) is 6.07 Å². The van der Waals surface area contributed by atoms with E-state index < -0.39 is 0 Å². The molecule has 2 rings (SSSR count). The number of aromatic nitrogens is 2. The van der Waals surface area contributed by atoms with Gasteiger partial charge < -0.3 is 10.1 Å². The second-order valence-electron chi connectivity index (χ2n) is 3.98. The smallest absolute Gasteiger partial charge is 0.222 e. The van der Waals surface area contributed by atoms with Crippen LogP contribution in [0.4, 0.5) is 0 Å². The van der Waals surface area contributed by atoms with E-state index in [4.69, 9.17) is 16.3 Å². The predicted molar refractivity (Wildman–Crippen MR) is 62.3 cm³/mol. The molecule has 1 atom stereocenters. The number of hydrogen-bond acceptors (Lipinski definition) is 4. The minimum atomic E-state index is 0.275. The summed E-state index contributed by atoms with van der Waals surface area (Å²) in [5.74, 6) is 0. The lowest BCUT2D eigenvalue weighted by Gasteiger charge is -2.23. The van der Waals surface area contributed by atoms with Crippen molar-refractivity contribution in [2.75, 3.05) is 13.2 Å². The lowest BCUT2D eigenvalue weighted by molar-refractivity contribution is 0.0890. The molecule has 5 heteroatoms. The van der Waals surface area contributed by atoms with Crippen molar-refractivity contribution in [1.82, 2.24) is 15.3 Å². The molecular weight excluding hydrogens is 226 g/mol. The topological polar surface area (TPSA) is 47.0 Å². The summed E-state index contributed by atoms with van der Waals surface area (Å²) in [6.07, 6.45) is 5.41. The highest BCUT2D eigenvalue weighted by molar-refractivity contribution is 6.28. The third kappa shape index (κ3) is 3.70. The summed E-state index contributed by atoms with van der Waals surface area (Å²) in [6, 6.07) is 2.31. The van der Waals surface area contributed by atoms with Crippen LogP contribution in [0.15, 0.2) is 12.3 Å². The average Bonchev–Trinajstić information content (AvgIpc) is 2.30. The Balaban J connectivity index is 1.71. The average molecular weight is 242 g/mol. The molecule has 4 nitrogen and oxygen atoms in total. The summed E-state index contributed by atoms with van der Waals surface area (Å²) in [4.78, 5) is 7.89. The molecule has 1 aromatic heterocycles. The van der Waals surface area contributed by atoms with E-state index in [1.54, 1.807) is 6.20 Å². The molecule has 2 heterocycles. The Labute approximate surface area is 100 Å². The summed E-state index contributed by atoms with van der Waals surface area (Å²) < 4.78 is 5.60. The fourth-order valence-corrected chi connectivity index (χ4v) is 1.99. The number of piperidine rings is 1. The highest BCUT2D eigenvalue weighted by Gasteiger charge is 2.12. The first-order valence-electron chi connectivity index (χ1n) is 5.63. The SMILES string of the molecule is Clc1nccc(COCC2CCCCN2)n1. The van der Waals surface area contributed by atoms with Gasteiger partial charge in [0.05, 0.1) is 18.9 Å². The molecule has 0 saturated carbocycles. The maximum atomic E-state index is 5.68. The molecule has 0 amide bonds. The zero-order chi connectivity index (χ0) is 11.2. The van der Waals surface area contributed by atoms with Crippen molar-refractivity contribution in [3.05, 3.63) is 23.2 Å². The predicted octanol–water partition coefficient (Wildman–Crippen LogP) is 1.79. The maximum absolute atomic E-state index is 5.68. The van der Waals surface area contributed by atoms with Gasteiger partial charge in [0.15, 0.2) is 0 Å². The Morgan fingerprint density at radius 3 is 3.19 bits per heavy atom. The van der Waals surface area contributed by atoms with E-state index in [0.29, 0.717) is 12.6 Å². The van der Waals surface area contributed by atoms with Crippen LogP contribution in [0.5, 0.6) is 0 Å². The number of nitrogens with zero attached hydrogens (tertiary/aromatic N) is 2. The Morgan fingerprint density at radius 2 is 2.44 bits per heavy atom. The van der Waals surface area contributed by atoms with Crippen LogP contribution in [0.3, 0.4) is 0 Å². The third-order valence-electron chi connectivity index (χ3n) is 2.67. The van der Waals surface area contributed by atoms with Gasteiger partial charge in [-0.05, 0) is 37.1 Å². The third-order valence-corrected chi connectivity index (χ3v) is 2.85. The highest BCUT2D eigenvalue weighted by Crippen LogP contribution is 2.08. The van der Waals surface area contributed by atoms with Gasteiger partial charge in [0.25, 0.3) is 0 Å². The fourth-order valence-electron chi connectivity index (χ4n) is 1.82. The van der Waals surface area contributed by atoms with Crippen LogP contribution in [-0.2, 0) is 11.3 Å².